The van der Waals surface area contributed by atoms with E-state index < -0.39 is 0 Å². The van der Waals surface area contributed by atoms with Crippen LogP contribution in [0.3, 0.4) is 0 Å². The number of ether oxygens (including phenoxy) is 2. The zero-order chi connectivity index (χ0) is 14.9. The number of benzene rings is 2. The topological polar surface area (TPSA) is 30.5 Å². The van der Waals surface area contributed by atoms with Gasteiger partial charge in [0.15, 0.2) is 0 Å². The van der Waals surface area contributed by atoms with E-state index in [1.807, 2.05) is 38.2 Å². The highest BCUT2D eigenvalue weighted by molar-refractivity contribution is 5.33. The van der Waals surface area contributed by atoms with Gasteiger partial charge >= 0.3 is 0 Å². The maximum Gasteiger partial charge on any atom is 0.123 e. The minimum absolute atomic E-state index is 0.571. The minimum atomic E-state index is 0.571. The lowest BCUT2D eigenvalue weighted by molar-refractivity contribution is 0.299. The molecule has 1 N–H and O–H groups in total. The molecule has 2 rings (SSSR count). The lowest BCUT2D eigenvalue weighted by atomic mass is 10.1. The van der Waals surface area contributed by atoms with E-state index >= 15 is 0 Å². The van der Waals surface area contributed by atoms with Crippen molar-refractivity contribution in [3.8, 4) is 11.5 Å². The molecule has 0 aliphatic rings. The van der Waals surface area contributed by atoms with Crippen LogP contribution in [0.5, 0.6) is 11.5 Å². The fourth-order valence-corrected chi connectivity index (χ4v) is 2.06. The molecule has 0 heterocycles. The molecule has 3 heteroatoms. The van der Waals surface area contributed by atoms with Gasteiger partial charge in [0, 0.05) is 6.07 Å². The highest BCUT2D eigenvalue weighted by Gasteiger charge is 1.99. The van der Waals surface area contributed by atoms with Crippen molar-refractivity contribution in [1.29, 1.82) is 0 Å². The van der Waals surface area contributed by atoms with Gasteiger partial charge in [0.05, 0.1) is 6.61 Å². The summed E-state index contributed by atoms with van der Waals surface area (Å²) in [6, 6.07) is 16.3. The standard InChI is InChI=1S/C18H23NO2/c1-3-20-17-5-4-6-18(13-17)21-14-16-9-7-15(8-10-16)11-12-19-2/h4-10,13,19H,3,11-12,14H2,1-2H3. The van der Waals surface area contributed by atoms with Crippen molar-refractivity contribution >= 4 is 0 Å². The molecule has 112 valence electrons. The van der Waals surface area contributed by atoms with Crippen LogP contribution < -0.4 is 14.8 Å². The van der Waals surface area contributed by atoms with Gasteiger partial charge in [-0.2, -0.15) is 0 Å². The van der Waals surface area contributed by atoms with E-state index in [4.69, 9.17) is 9.47 Å². The van der Waals surface area contributed by atoms with Gasteiger partial charge in [-0.25, -0.2) is 0 Å². The quantitative estimate of drug-likeness (QED) is 0.806. The predicted octanol–water partition coefficient (Wildman–Crippen LogP) is 3.43. The largest absolute Gasteiger partial charge is 0.494 e. The van der Waals surface area contributed by atoms with Gasteiger partial charge in [-0.3, -0.25) is 0 Å². The van der Waals surface area contributed by atoms with E-state index in [0.717, 1.165) is 24.5 Å². The average molecular weight is 285 g/mol. The molecule has 0 amide bonds. The molecule has 0 aliphatic carbocycles. The fourth-order valence-electron chi connectivity index (χ4n) is 2.06. The number of nitrogens with one attached hydrogen (secondary N) is 1. The van der Waals surface area contributed by atoms with Crippen LogP contribution in [0, 0.1) is 0 Å². The van der Waals surface area contributed by atoms with E-state index in [0.29, 0.717) is 13.2 Å². The summed E-state index contributed by atoms with van der Waals surface area (Å²) in [6.07, 6.45) is 1.05. The van der Waals surface area contributed by atoms with Crippen molar-refractivity contribution < 1.29 is 9.47 Å². The highest BCUT2D eigenvalue weighted by atomic mass is 16.5. The Hall–Kier alpha value is -2.00. The number of hydrogen-bond donors (Lipinski definition) is 1. The van der Waals surface area contributed by atoms with Gasteiger partial charge in [0.25, 0.3) is 0 Å². The van der Waals surface area contributed by atoms with Crippen LogP contribution in [-0.4, -0.2) is 20.2 Å². The van der Waals surface area contributed by atoms with Gasteiger partial charge < -0.3 is 14.8 Å². The Morgan fingerprint density at radius 2 is 1.57 bits per heavy atom. The Bertz CT molecular complexity index is 537. The monoisotopic (exact) mass is 285 g/mol. The number of hydrogen-bond acceptors (Lipinski definition) is 3. The molecule has 2 aromatic rings. The third kappa shape index (κ3) is 5.12. The van der Waals surface area contributed by atoms with Gasteiger partial charge in [-0.15, -0.1) is 0 Å². The molecule has 0 aromatic heterocycles. The van der Waals surface area contributed by atoms with Crippen molar-refractivity contribution in [3.63, 3.8) is 0 Å². The summed E-state index contributed by atoms with van der Waals surface area (Å²) in [5, 5.41) is 3.16. The average Bonchev–Trinajstić information content (AvgIpc) is 2.53. The van der Waals surface area contributed by atoms with Crippen molar-refractivity contribution in [3.05, 3.63) is 59.7 Å². The Kier molecular flexibility index (Phi) is 6.10. The van der Waals surface area contributed by atoms with E-state index in [2.05, 4.69) is 29.6 Å². The Balaban J connectivity index is 1.88. The molecule has 21 heavy (non-hydrogen) atoms. The smallest absolute Gasteiger partial charge is 0.123 e. The Labute approximate surface area is 126 Å². The lowest BCUT2D eigenvalue weighted by Gasteiger charge is -2.09. The molecule has 0 spiro atoms. The van der Waals surface area contributed by atoms with Gasteiger partial charge in [-0.1, -0.05) is 30.3 Å². The molecule has 0 aliphatic heterocycles. The zero-order valence-corrected chi connectivity index (χ0v) is 12.8. The third-order valence-corrected chi connectivity index (χ3v) is 3.21. The van der Waals surface area contributed by atoms with Crippen LogP contribution in [0.4, 0.5) is 0 Å². The maximum absolute atomic E-state index is 5.81. The molecule has 0 fully saturated rings. The summed E-state index contributed by atoms with van der Waals surface area (Å²) in [4.78, 5) is 0. The molecule has 3 nitrogen and oxygen atoms in total. The summed E-state index contributed by atoms with van der Waals surface area (Å²) in [7, 11) is 1.97. The molecule has 0 atom stereocenters. The number of rotatable bonds is 8. The highest BCUT2D eigenvalue weighted by Crippen LogP contribution is 2.20. The fraction of sp³-hybridized carbons (Fsp3) is 0.333. The van der Waals surface area contributed by atoms with Crippen LogP contribution >= 0.6 is 0 Å². The summed E-state index contributed by atoms with van der Waals surface area (Å²) in [5.41, 5.74) is 2.51. The minimum Gasteiger partial charge on any atom is -0.494 e. The van der Waals surface area contributed by atoms with Gasteiger partial charge in [0.2, 0.25) is 0 Å². The van der Waals surface area contributed by atoms with Crippen LogP contribution in [0.2, 0.25) is 0 Å². The predicted molar refractivity (Wildman–Crippen MR) is 86.0 cm³/mol. The van der Waals surface area contributed by atoms with Gasteiger partial charge in [-0.05, 0) is 50.2 Å². The lowest BCUT2D eigenvalue weighted by Crippen LogP contribution is -2.10. The first-order valence-electron chi connectivity index (χ1n) is 7.40. The molecular weight excluding hydrogens is 262 g/mol. The SMILES string of the molecule is CCOc1cccc(OCc2ccc(CCNC)cc2)c1. The van der Waals surface area contributed by atoms with Crippen molar-refractivity contribution in [2.45, 2.75) is 20.0 Å². The summed E-state index contributed by atoms with van der Waals surface area (Å²) < 4.78 is 11.3. The molecule has 0 unspecified atom stereocenters. The van der Waals surface area contributed by atoms with E-state index in [-0.39, 0.29) is 0 Å². The summed E-state index contributed by atoms with van der Waals surface area (Å²) in [5.74, 6) is 1.68. The molecule has 0 saturated heterocycles. The molecule has 2 aromatic carbocycles. The first kappa shape index (κ1) is 15.4. The van der Waals surface area contributed by atoms with Crippen LogP contribution in [0.1, 0.15) is 18.1 Å². The molecule has 0 radical (unpaired) electrons. The first-order valence-corrected chi connectivity index (χ1v) is 7.40. The van der Waals surface area contributed by atoms with Crippen LogP contribution in [-0.2, 0) is 13.0 Å². The Morgan fingerprint density at radius 3 is 2.24 bits per heavy atom. The second kappa shape index (κ2) is 8.32. The summed E-state index contributed by atoms with van der Waals surface area (Å²) in [6.45, 7) is 4.21. The first-order chi connectivity index (χ1) is 10.3. The van der Waals surface area contributed by atoms with Crippen LogP contribution in [0.15, 0.2) is 48.5 Å². The van der Waals surface area contributed by atoms with E-state index in [1.54, 1.807) is 0 Å². The van der Waals surface area contributed by atoms with Crippen molar-refractivity contribution in [2.75, 3.05) is 20.2 Å². The molecular formula is C18H23NO2. The Morgan fingerprint density at radius 1 is 0.905 bits per heavy atom. The summed E-state index contributed by atoms with van der Waals surface area (Å²) >= 11 is 0. The molecule has 0 saturated carbocycles. The second-order valence-corrected chi connectivity index (χ2v) is 4.87. The van der Waals surface area contributed by atoms with E-state index in [1.165, 1.54) is 11.1 Å². The van der Waals surface area contributed by atoms with Crippen molar-refractivity contribution in [1.82, 2.24) is 5.32 Å². The normalized spacial score (nSPS) is 10.4. The van der Waals surface area contributed by atoms with Crippen molar-refractivity contribution in [2.24, 2.45) is 0 Å². The van der Waals surface area contributed by atoms with Gasteiger partial charge in [0.1, 0.15) is 18.1 Å². The zero-order valence-electron chi connectivity index (χ0n) is 12.8. The van der Waals surface area contributed by atoms with E-state index in [9.17, 15) is 0 Å². The van der Waals surface area contributed by atoms with Crippen LogP contribution in [0.25, 0.3) is 0 Å². The molecule has 0 bridgehead atoms. The second-order valence-electron chi connectivity index (χ2n) is 4.87. The maximum atomic E-state index is 5.81. The number of likely N-dealkylation sites (N-methyl/N-ethyl adjacent to an activating group) is 1. The third-order valence-electron chi connectivity index (χ3n) is 3.21.